The Kier molecular flexibility index (Phi) is 7.64. The molecule has 0 radical (unpaired) electrons. The van der Waals surface area contributed by atoms with Crippen molar-refractivity contribution in [1.82, 2.24) is 5.43 Å². The highest BCUT2D eigenvalue weighted by Gasteiger charge is 2.08. The molecule has 3 aromatic rings. The Balaban J connectivity index is 1.48. The van der Waals surface area contributed by atoms with Crippen LogP contribution in [0.2, 0.25) is 0 Å². The number of hydrogen-bond acceptors (Lipinski definition) is 4. The molecule has 0 spiro atoms. The summed E-state index contributed by atoms with van der Waals surface area (Å²) in [6.45, 7) is 2.72. The van der Waals surface area contributed by atoms with Crippen LogP contribution >= 0.6 is 15.9 Å². The molecular weight excluding hydrogens is 432 g/mol. The largest absolute Gasteiger partial charge is 0.494 e. The minimum Gasteiger partial charge on any atom is -0.494 e. The Bertz CT molecular complexity index is 987. The van der Waals surface area contributed by atoms with Gasteiger partial charge in [0.05, 0.1) is 17.3 Å². The molecule has 0 aliphatic heterocycles. The summed E-state index contributed by atoms with van der Waals surface area (Å²) in [6.07, 6.45) is 3.72. The number of hydrogen-bond donors (Lipinski definition) is 1. The summed E-state index contributed by atoms with van der Waals surface area (Å²) < 4.78 is 12.1. The van der Waals surface area contributed by atoms with Gasteiger partial charge in [0, 0.05) is 0 Å². The number of unbranched alkanes of at least 4 members (excludes halogenated alkanes) is 1. The van der Waals surface area contributed by atoms with Crippen molar-refractivity contribution >= 4 is 38.8 Å². The van der Waals surface area contributed by atoms with Crippen LogP contribution in [0.1, 0.15) is 25.3 Å². The lowest BCUT2D eigenvalue weighted by Gasteiger charge is -2.09. The van der Waals surface area contributed by atoms with Crippen LogP contribution in [0, 0.1) is 0 Å². The van der Waals surface area contributed by atoms with Crippen molar-refractivity contribution in [2.45, 2.75) is 19.8 Å². The van der Waals surface area contributed by atoms with Gasteiger partial charge >= 0.3 is 0 Å². The molecule has 0 saturated carbocycles. The van der Waals surface area contributed by atoms with E-state index >= 15 is 0 Å². The summed E-state index contributed by atoms with van der Waals surface area (Å²) >= 11 is 3.54. The van der Waals surface area contributed by atoms with Gasteiger partial charge in [0.1, 0.15) is 11.5 Å². The first kappa shape index (κ1) is 20.9. The molecule has 0 saturated heterocycles. The van der Waals surface area contributed by atoms with Crippen LogP contribution in [-0.4, -0.2) is 25.3 Å². The number of carbonyl (C=O) groups is 1. The van der Waals surface area contributed by atoms with Crippen LogP contribution < -0.4 is 14.9 Å². The fourth-order valence-electron chi connectivity index (χ4n) is 2.66. The maximum absolute atomic E-state index is 12.0. The summed E-state index contributed by atoms with van der Waals surface area (Å²) in [6, 6.07) is 19.3. The highest BCUT2D eigenvalue weighted by Crippen LogP contribution is 2.32. The molecule has 0 bridgehead atoms. The quantitative estimate of drug-likeness (QED) is 0.270. The molecule has 0 fully saturated rings. The molecule has 0 heterocycles. The van der Waals surface area contributed by atoms with Crippen molar-refractivity contribution in [3.8, 4) is 11.5 Å². The molecule has 1 amide bonds. The Hall–Kier alpha value is -2.86. The van der Waals surface area contributed by atoms with E-state index in [0.717, 1.165) is 39.4 Å². The van der Waals surface area contributed by atoms with Crippen LogP contribution in [0.15, 0.2) is 70.2 Å². The van der Waals surface area contributed by atoms with Crippen LogP contribution in [-0.2, 0) is 4.79 Å². The van der Waals surface area contributed by atoms with E-state index in [0.29, 0.717) is 12.4 Å². The van der Waals surface area contributed by atoms with Crippen molar-refractivity contribution in [1.29, 1.82) is 0 Å². The van der Waals surface area contributed by atoms with E-state index in [4.69, 9.17) is 9.47 Å². The fourth-order valence-corrected chi connectivity index (χ4v) is 3.27. The summed E-state index contributed by atoms with van der Waals surface area (Å²) in [5, 5.41) is 6.11. The molecule has 29 heavy (non-hydrogen) atoms. The Morgan fingerprint density at radius 2 is 1.86 bits per heavy atom. The second kappa shape index (κ2) is 10.6. The lowest BCUT2D eigenvalue weighted by molar-refractivity contribution is -0.123. The number of nitrogens with one attached hydrogen (secondary N) is 1. The highest BCUT2D eigenvalue weighted by atomic mass is 79.9. The normalized spacial score (nSPS) is 11.0. The van der Waals surface area contributed by atoms with Gasteiger partial charge in [-0.15, -0.1) is 0 Å². The van der Waals surface area contributed by atoms with E-state index in [9.17, 15) is 4.79 Å². The molecular formula is C23H23BrN2O3. The van der Waals surface area contributed by atoms with Gasteiger partial charge in [-0.05, 0) is 69.0 Å². The predicted octanol–water partition coefficient (Wildman–Crippen LogP) is 5.31. The monoisotopic (exact) mass is 454 g/mol. The number of nitrogens with zero attached hydrogens (tertiary/aromatic N) is 1. The van der Waals surface area contributed by atoms with Crippen molar-refractivity contribution in [3.05, 3.63) is 70.7 Å². The smallest absolute Gasteiger partial charge is 0.277 e. The second-order valence-corrected chi connectivity index (χ2v) is 7.24. The van der Waals surface area contributed by atoms with E-state index in [1.807, 2.05) is 60.7 Å². The summed E-state index contributed by atoms with van der Waals surface area (Å²) in [5.74, 6) is 1.11. The number of rotatable bonds is 9. The number of benzene rings is 3. The third-order valence-corrected chi connectivity index (χ3v) is 5.05. The molecule has 0 aliphatic rings. The van der Waals surface area contributed by atoms with Crippen LogP contribution in [0.4, 0.5) is 0 Å². The third kappa shape index (κ3) is 6.06. The van der Waals surface area contributed by atoms with Crippen LogP contribution in [0.3, 0.4) is 0 Å². The molecule has 3 aromatic carbocycles. The SMILES string of the molecule is CCCCOc1ccc(C=NNC(=O)COc2ccc3ccccc3c2Br)cc1. The van der Waals surface area contributed by atoms with Gasteiger partial charge in [0.25, 0.3) is 5.91 Å². The Morgan fingerprint density at radius 1 is 1.07 bits per heavy atom. The van der Waals surface area contributed by atoms with Crippen molar-refractivity contribution < 1.29 is 14.3 Å². The summed E-state index contributed by atoms with van der Waals surface area (Å²) in [4.78, 5) is 12.0. The van der Waals surface area contributed by atoms with Crippen molar-refractivity contribution in [2.24, 2.45) is 5.10 Å². The zero-order valence-electron chi connectivity index (χ0n) is 16.2. The van der Waals surface area contributed by atoms with E-state index in [1.165, 1.54) is 0 Å². The molecule has 6 heteroatoms. The van der Waals surface area contributed by atoms with Crippen LogP contribution in [0.5, 0.6) is 11.5 Å². The van der Waals surface area contributed by atoms with Gasteiger partial charge in [0.2, 0.25) is 0 Å². The third-order valence-electron chi connectivity index (χ3n) is 4.24. The molecule has 150 valence electrons. The topological polar surface area (TPSA) is 59.9 Å². The first-order valence-corrected chi connectivity index (χ1v) is 10.3. The Labute approximate surface area is 178 Å². The van der Waals surface area contributed by atoms with Crippen LogP contribution in [0.25, 0.3) is 10.8 Å². The van der Waals surface area contributed by atoms with Gasteiger partial charge in [-0.1, -0.05) is 43.7 Å². The molecule has 0 atom stereocenters. The average Bonchev–Trinajstić information content (AvgIpc) is 2.75. The average molecular weight is 455 g/mol. The number of ether oxygens (including phenoxy) is 2. The first-order chi connectivity index (χ1) is 14.2. The van der Waals surface area contributed by atoms with Gasteiger partial charge < -0.3 is 9.47 Å². The van der Waals surface area contributed by atoms with E-state index in [1.54, 1.807) is 6.21 Å². The number of carbonyl (C=O) groups excluding carboxylic acids is 1. The molecule has 1 N–H and O–H groups in total. The number of halogens is 1. The maximum atomic E-state index is 12.0. The zero-order chi connectivity index (χ0) is 20.5. The number of fused-ring (bicyclic) bond motifs is 1. The molecule has 3 rings (SSSR count). The zero-order valence-corrected chi connectivity index (χ0v) is 17.8. The summed E-state index contributed by atoms with van der Waals surface area (Å²) in [7, 11) is 0. The second-order valence-electron chi connectivity index (χ2n) is 6.45. The van der Waals surface area contributed by atoms with Gasteiger partial charge in [-0.2, -0.15) is 5.10 Å². The van der Waals surface area contributed by atoms with Gasteiger partial charge in [-0.25, -0.2) is 5.43 Å². The lowest BCUT2D eigenvalue weighted by Crippen LogP contribution is -2.24. The minimum atomic E-state index is -0.333. The van der Waals surface area contributed by atoms with Crippen molar-refractivity contribution in [2.75, 3.05) is 13.2 Å². The van der Waals surface area contributed by atoms with E-state index < -0.39 is 0 Å². The van der Waals surface area contributed by atoms with E-state index in [2.05, 4.69) is 33.4 Å². The predicted molar refractivity (Wildman–Crippen MR) is 120 cm³/mol. The Morgan fingerprint density at radius 3 is 2.66 bits per heavy atom. The maximum Gasteiger partial charge on any atom is 0.277 e. The van der Waals surface area contributed by atoms with Gasteiger partial charge in [-0.3, -0.25) is 4.79 Å². The number of hydrazone groups is 1. The molecule has 0 aliphatic carbocycles. The summed E-state index contributed by atoms with van der Waals surface area (Å²) in [5.41, 5.74) is 3.34. The lowest BCUT2D eigenvalue weighted by atomic mass is 10.1. The highest BCUT2D eigenvalue weighted by molar-refractivity contribution is 9.10. The number of amides is 1. The van der Waals surface area contributed by atoms with Crippen molar-refractivity contribution in [3.63, 3.8) is 0 Å². The molecule has 5 nitrogen and oxygen atoms in total. The fraction of sp³-hybridized carbons (Fsp3) is 0.217. The molecule has 0 unspecified atom stereocenters. The molecule has 0 aromatic heterocycles. The van der Waals surface area contributed by atoms with E-state index in [-0.39, 0.29) is 12.5 Å². The minimum absolute atomic E-state index is 0.127. The first-order valence-electron chi connectivity index (χ1n) is 9.52. The standard InChI is InChI=1S/C23H23BrN2O3/c1-2-3-14-28-19-11-8-17(9-12-19)15-25-26-22(27)16-29-21-13-10-18-6-4-5-7-20(18)23(21)24/h4-13,15H,2-3,14,16H2,1H3,(H,26,27). The van der Waals surface area contributed by atoms with Gasteiger partial charge in [0.15, 0.2) is 6.61 Å².